The first kappa shape index (κ1) is 17.4. The number of rotatable bonds is 6. The molecule has 0 radical (unpaired) electrons. The number of aromatic nitrogens is 2. The summed E-state index contributed by atoms with van der Waals surface area (Å²) in [5.41, 5.74) is 3.90. The summed E-state index contributed by atoms with van der Waals surface area (Å²) in [4.78, 5) is 0.300. The quantitative estimate of drug-likeness (QED) is 0.737. The number of hydrogen-bond acceptors (Lipinski definition) is 4. The van der Waals surface area contributed by atoms with Crippen LogP contribution in [0.1, 0.15) is 11.1 Å². The first-order valence-corrected chi connectivity index (χ1v) is 9.88. The van der Waals surface area contributed by atoms with Crippen molar-refractivity contribution in [2.24, 2.45) is 0 Å². The van der Waals surface area contributed by atoms with E-state index in [0.29, 0.717) is 17.9 Å². The summed E-state index contributed by atoms with van der Waals surface area (Å²) in [6, 6.07) is 16.6. The standard InChI is InChI=1S/C19H20N2O3S/c1-25(23,24)18-8-6-16(7-9-18)19-10-12-21(20-19)14-17-5-3-2-4-15(17)11-13-22/h2-10,12,22H,11,13-14H2,1H3. The van der Waals surface area contributed by atoms with Gasteiger partial charge in [-0.1, -0.05) is 36.4 Å². The Balaban J connectivity index is 1.81. The van der Waals surface area contributed by atoms with Crippen molar-refractivity contribution < 1.29 is 13.5 Å². The highest BCUT2D eigenvalue weighted by molar-refractivity contribution is 7.90. The van der Waals surface area contributed by atoms with Crippen LogP contribution in [0.15, 0.2) is 65.7 Å². The summed E-state index contributed by atoms with van der Waals surface area (Å²) in [5, 5.41) is 13.8. The van der Waals surface area contributed by atoms with Gasteiger partial charge >= 0.3 is 0 Å². The van der Waals surface area contributed by atoms with Gasteiger partial charge in [-0.15, -0.1) is 0 Å². The molecule has 3 rings (SSSR count). The maximum Gasteiger partial charge on any atom is 0.175 e. The molecule has 2 aromatic carbocycles. The molecule has 1 heterocycles. The summed E-state index contributed by atoms with van der Waals surface area (Å²) in [6.45, 7) is 0.742. The highest BCUT2D eigenvalue weighted by Gasteiger charge is 2.09. The van der Waals surface area contributed by atoms with Crippen LogP contribution in [-0.2, 0) is 22.8 Å². The molecule has 130 valence electrons. The monoisotopic (exact) mass is 356 g/mol. The Morgan fingerprint density at radius 3 is 2.32 bits per heavy atom. The van der Waals surface area contributed by atoms with E-state index in [1.54, 1.807) is 24.3 Å². The lowest BCUT2D eigenvalue weighted by Crippen LogP contribution is -2.05. The van der Waals surface area contributed by atoms with Gasteiger partial charge in [0.05, 0.1) is 17.1 Å². The molecule has 0 bridgehead atoms. The Morgan fingerprint density at radius 2 is 1.68 bits per heavy atom. The third-order valence-corrected chi connectivity index (χ3v) is 5.18. The number of sulfone groups is 1. The molecule has 1 N–H and O–H groups in total. The van der Waals surface area contributed by atoms with Gasteiger partial charge in [0.25, 0.3) is 0 Å². The molecule has 0 aliphatic rings. The van der Waals surface area contributed by atoms with Crippen molar-refractivity contribution >= 4 is 9.84 Å². The fourth-order valence-corrected chi connectivity index (χ4v) is 3.36. The minimum Gasteiger partial charge on any atom is -0.396 e. The zero-order valence-corrected chi connectivity index (χ0v) is 14.8. The summed E-state index contributed by atoms with van der Waals surface area (Å²) < 4.78 is 24.9. The van der Waals surface area contributed by atoms with E-state index >= 15 is 0 Å². The van der Waals surface area contributed by atoms with Gasteiger partial charge in [0.1, 0.15) is 0 Å². The third kappa shape index (κ3) is 4.15. The van der Waals surface area contributed by atoms with Crippen LogP contribution in [0.25, 0.3) is 11.3 Å². The van der Waals surface area contributed by atoms with Crippen LogP contribution in [0.2, 0.25) is 0 Å². The Hall–Kier alpha value is -2.44. The molecule has 0 atom stereocenters. The average Bonchev–Trinajstić information content (AvgIpc) is 3.05. The van der Waals surface area contributed by atoms with Gasteiger partial charge in [-0.25, -0.2) is 8.42 Å². The molecular formula is C19H20N2O3S. The predicted octanol–water partition coefficient (Wildman–Crippen LogP) is 2.54. The van der Waals surface area contributed by atoms with E-state index in [-0.39, 0.29) is 6.61 Å². The number of benzene rings is 2. The maximum absolute atomic E-state index is 11.5. The second-order valence-corrected chi connectivity index (χ2v) is 7.95. The SMILES string of the molecule is CS(=O)(=O)c1ccc(-c2ccn(Cc3ccccc3CCO)n2)cc1. The van der Waals surface area contributed by atoms with Crippen LogP contribution >= 0.6 is 0 Å². The summed E-state index contributed by atoms with van der Waals surface area (Å²) in [7, 11) is -3.19. The average molecular weight is 356 g/mol. The van der Waals surface area contributed by atoms with Crippen molar-refractivity contribution in [2.45, 2.75) is 17.9 Å². The molecule has 0 unspecified atom stereocenters. The maximum atomic E-state index is 11.5. The zero-order valence-electron chi connectivity index (χ0n) is 14.0. The minimum atomic E-state index is -3.19. The highest BCUT2D eigenvalue weighted by Crippen LogP contribution is 2.20. The largest absolute Gasteiger partial charge is 0.396 e. The van der Waals surface area contributed by atoms with E-state index in [9.17, 15) is 13.5 Å². The van der Waals surface area contributed by atoms with E-state index < -0.39 is 9.84 Å². The van der Waals surface area contributed by atoms with Gasteiger partial charge in [0, 0.05) is 24.6 Å². The van der Waals surface area contributed by atoms with E-state index in [0.717, 1.165) is 22.4 Å². The van der Waals surface area contributed by atoms with Crippen LogP contribution in [0.3, 0.4) is 0 Å². The van der Waals surface area contributed by atoms with Crippen molar-refractivity contribution in [1.29, 1.82) is 0 Å². The van der Waals surface area contributed by atoms with Gasteiger partial charge in [0.15, 0.2) is 9.84 Å². The van der Waals surface area contributed by atoms with E-state index in [1.165, 1.54) is 6.26 Å². The van der Waals surface area contributed by atoms with Crippen molar-refractivity contribution in [1.82, 2.24) is 9.78 Å². The van der Waals surface area contributed by atoms with Crippen molar-refractivity contribution in [3.05, 3.63) is 71.9 Å². The number of nitrogens with zero attached hydrogens (tertiary/aromatic N) is 2. The van der Waals surface area contributed by atoms with Crippen molar-refractivity contribution in [3.8, 4) is 11.3 Å². The number of aliphatic hydroxyl groups excluding tert-OH is 1. The molecule has 1 aromatic heterocycles. The molecule has 0 spiro atoms. The smallest absolute Gasteiger partial charge is 0.175 e. The molecule has 3 aromatic rings. The first-order valence-electron chi connectivity index (χ1n) is 7.99. The highest BCUT2D eigenvalue weighted by atomic mass is 32.2. The lowest BCUT2D eigenvalue weighted by atomic mass is 10.1. The Morgan fingerprint density at radius 1 is 1.00 bits per heavy atom. The molecule has 0 saturated heterocycles. The molecule has 0 saturated carbocycles. The Kier molecular flexibility index (Phi) is 5.01. The number of aliphatic hydroxyl groups is 1. The lowest BCUT2D eigenvalue weighted by molar-refractivity contribution is 0.299. The second-order valence-electron chi connectivity index (χ2n) is 5.94. The first-order chi connectivity index (χ1) is 12.0. The van der Waals surface area contributed by atoms with Gasteiger partial charge in [-0.05, 0) is 35.7 Å². The van der Waals surface area contributed by atoms with Crippen molar-refractivity contribution in [2.75, 3.05) is 12.9 Å². The van der Waals surface area contributed by atoms with Crippen molar-refractivity contribution in [3.63, 3.8) is 0 Å². The molecular weight excluding hydrogens is 336 g/mol. The summed E-state index contributed by atoms with van der Waals surface area (Å²) >= 11 is 0. The van der Waals surface area contributed by atoms with Gasteiger partial charge in [-0.2, -0.15) is 5.10 Å². The van der Waals surface area contributed by atoms with E-state index in [1.807, 2.05) is 41.2 Å². The Labute approximate surface area is 147 Å². The minimum absolute atomic E-state index is 0.119. The zero-order chi connectivity index (χ0) is 17.9. The van der Waals surface area contributed by atoms with Gasteiger partial charge in [0.2, 0.25) is 0 Å². The summed E-state index contributed by atoms with van der Waals surface area (Å²) in [5.74, 6) is 0. The fourth-order valence-electron chi connectivity index (χ4n) is 2.73. The van der Waals surface area contributed by atoms with Crippen LogP contribution in [0, 0.1) is 0 Å². The Bertz CT molecular complexity index is 960. The summed E-state index contributed by atoms with van der Waals surface area (Å²) in [6.07, 6.45) is 3.72. The molecule has 0 aliphatic carbocycles. The molecule has 0 aliphatic heterocycles. The third-order valence-electron chi connectivity index (χ3n) is 4.05. The second kappa shape index (κ2) is 7.21. The molecule has 0 amide bonds. The van der Waals surface area contributed by atoms with Crippen LogP contribution < -0.4 is 0 Å². The molecule has 5 nitrogen and oxygen atoms in total. The number of hydrogen-bond donors (Lipinski definition) is 1. The normalized spacial score (nSPS) is 11.6. The van der Waals surface area contributed by atoms with E-state index in [2.05, 4.69) is 5.10 Å². The molecule has 25 heavy (non-hydrogen) atoms. The molecule has 0 fully saturated rings. The van der Waals surface area contributed by atoms with E-state index in [4.69, 9.17) is 0 Å². The molecule has 6 heteroatoms. The van der Waals surface area contributed by atoms with Crippen LogP contribution in [-0.4, -0.2) is 36.2 Å². The van der Waals surface area contributed by atoms with Crippen LogP contribution in [0.5, 0.6) is 0 Å². The van der Waals surface area contributed by atoms with Gasteiger partial charge in [-0.3, -0.25) is 4.68 Å². The predicted molar refractivity (Wildman–Crippen MR) is 97.1 cm³/mol. The fraction of sp³-hybridized carbons (Fsp3) is 0.211. The van der Waals surface area contributed by atoms with Gasteiger partial charge < -0.3 is 5.11 Å². The topological polar surface area (TPSA) is 72.2 Å². The van der Waals surface area contributed by atoms with Crippen LogP contribution in [0.4, 0.5) is 0 Å². The lowest BCUT2D eigenvalue weighted by Gasteiger charge is -2.08.